The molecule has 0 aliphatic rings. The van der Waals surface area contributed by atoms with Crippen LogP contribution < -0.4 is 4.74 Å². The summed E-state index contributed by atoms with van der Waals surface area (Å²) >= 11 is 13.6. The number of aryl methyl sites for hydroxylation is 1. The molecule has 4 aromatic rings. The number of Topliss-reactive ketones (excluding diaryl/α,β-unsaturated/α-hetero) is 1. The molecule has 0 bridgehead atoms. The summed E-state index contributed by atoms with van der Waals surface area (Å²) in [4.78, 5) is 25.8. The van der Waals surface area contributed by atoms with E-state index in [1.165, 1.54) is 11.3 Å². The van der Waals surface area contributed by atoms with Crippen LogP contribution in [0.3, 0.4) is 0 Å². The van der Waals surface area contributed by atoms with E-state index in [-0.39, 0.29) is 17.3 Å². The summed E-state index contributed by atoms with van der Waals surface area (Å²) in [6, 6.07) is 14.7. The van der Waals surface area contributed by atoms with Crippen LogP contribution in [0.15, 0.2) is 48.5 Å². The molecule has 0 atom stereocenters. The molecule has 0 saturated carbocycles. The molecule has 0 unspecified atom stereocenters. The van der Waals surface area contributed by atoms with E-state index < -0.39 is 5.97 Å². The number of rotatable bonds is 7. The number of carbonyl (C=O) groups is 2. The van der Waals surface area contributed by atoms with E-state index >= 15 is 0 Å². The third-order valence-electron chi connectivity index (χ3n) is 5.25. The first kappa shape index (κ1) is 23.4. The first-order chi connectivity index (χ1) is 15.8. The monoisotopic (exact) mass is 501 g/mol. The van der Waals surface area contributed by atoms with Crippen molar-refractivity contribution in [2.75, 3.05) is 13.2 Å². The van der Waals surface area contributed by atoms with E-state index in [9.17, 15) is 9.59 Å². The maximum Gasteiger partial charge on any atom is 0.350 e. The zero-order chi connectivity index (χ0) is 23.7. The number of halogens is 2. The van der Waals surface area contributed by atoms with Gasteiger partial charge in [0.1, 0.15) is 10.6 Å². The maximum atomic E-state index is 12.9. The molecule has 0 aliphatic heterocycles. The number of fused-ring (bicyclic) bond motifs is 1. The van der Waals surface area contributed by atoms with E-state index in [4.69, 9.17) is 32.7 Å². The zero-order valence-corrected chi connectivity index (χ0v) is 20.6. The summed E-state index contributed by atoms with van der Waals surface area (Å²) in [5, 5.41) is 1.58. The third kappa shape index (κ3) is 4.64. The highest BCUT2D eigenvalue weighted by molar-refractivity contribution is 7.21. The van der Waals surface area contributed by atoms with Crippen LogP contribution in [0.1, 0.15) is 38.3 Å². The third-order valence-corrected chi connectivity index (χ3v) is 7.12. The standard InChI is InChI=1S/C25H21Cl2NO4S/c1-4-31-18-8-6-17(7-9-18)28-14(2)11-20(15(28)3)21(29)13-32-25(30)24-23(27)19-10-5-16(26)12-22(19)33-24/h5-12H,4,13H2,1-3H3. The lowest BCUT2D eigenvalue weighted by molar-refractivity contribution is 0.0479. The van der Waals surface area contributed by atoms with Crippen molar-refractivity contribution in [1.29, 1.82) is 0 Å². The van der Waals surface area contributed by atoms with Gasteiger partial charge in [0.05, 0.1) is 11.6 Å². The van der Waals surface area contributed by atoms with E-state index in [2.05, 4.69) is 0 Å². The van der Waals surface area contributed by atoms with Crippen LogP contribution in [-0.4, -0.2) is 29.5 Å². The Bertz CT molecular complexity index is 1360. The quantitative estimate of drug-likeness (QED) is 0.201. The van der Waals surface area contributed by atoms with Crippen LogP contribution >= 0.6 is 34.5 Å². The number of thiophene rings is 1. The highest BCUT2D eigenvalue weighted by Gasteiger charge is 2.22. The summed E-state index contributed by atoms with van der Waals surface area (Å²) in [5.74, 6) is -0.131. The molecule has 0 aliphatic carbocycles. The largest absolute Gasteiger partial charge is 0.494 e. The summed E-state index contributed by atoms with van der Waals surface area (Å²) in [7, 11) is 0. The van der Waals surface area contributed by atoms with Gasteiger partial charge in [-0.25, -0.2) is 4.79 Å². The Morgan fingerprint density at radius 2 is 1.76 bits per heavy atom. The van der Waals surface area contributed by atoms with Gasteiger partial charge in [0.15, 0.2) is 6.61 Å². The summed E-state index contributed by atoms with van der Waals surface area (Å²) < 4.78 is 13.6. The predicted octanol–water partition coefficient (Wildman–Crippen LogP) is 7.05. The molecule has 170 valence electrons. The topological polar surface area (TPSA) is 57.5 Å². The fourth-order valence-corrected chi connectivity index (χ4v) is 5.42. The number of ether oxygens (including phenoxy) is 2. The smallest absolute Gasteiger partial charge is 0.350 e. The fraction of sp³-hybridized carbons (Fsp3) is 0.200. The van der Waals surface area contributed by atoms with Crippen molar-refractivity contribution in [1.82, 2.24) is 4.57 Å². The van der Waals surface area contributed by atoms with E-state index in [1.807, 2.05) is 49.6 Å². The van der Waals surface area contributed by atoms with Crippen molar-refractivity contribution < 1.29 is 19.1 Å². The Balaban J connectivity index is 1.51. The number of nitrogens with zero attached hydrogens (tertiary/aromatic N) is 1. The van der Waals surface area contributed by atoms with Crippen LogP contribution in [0.5, 0.6) is 5.75 Å². The normalized spacial score (nSPS) is 11.1. The number of carbonyl (C=O) groups excluding carboxylic acids is 2. The van der Waals surface area contributed by atoms with Gasteiger partial charge in [0, 0.05) is 37.7 Å². The summed E-state index contributed by atoms with van der Waals surface area (Å²) in [6.07, 6.45) is 0. The minimum absolute atomic E-state index is 0.251. The minimum Gasteiger partial charge on any atom is -0.494 e. The molecule has 0 radical (unpaired) electrons. The SMILES string of the molecule is CCOc1ccc(-n2c(C)cc(C(=O)COC(=O)c3sc4cc(Cl)ccc4c3Cl)c2C)cc1. The molecule has 8 heteroatoms. The van der Waals surface area contributed by atoms with Crippen molar-refractivity contribution in [2.45, 2.75) is 20.8 Å². The maximum absolute atomic E-state index is 12.9. The summed E-state index contributed by atoms with van der Waals surface area (Å²) in [5.41, 5.74) is 3.09. The molecule has 2 aromatic heterocycles. The van der Waals surface area contributed by atoms with Crippen molar-refractivity contribution in [3.05, 3.63) is 80.4 Å². The average Bonchev–Trinajstić information content (AvgIpc) is 3.28. The Labute approximate surface area is 205 Å². The van der Waals surface area contributed by atoms with Gasteiger partial charge in [-0.1, -0.05) is 29.3 Å². The lowest BCUT2D eigenvalue weighted by Crippen LogP contribution is -2.14. The number of benzene rings is 2. The van der Waals surface area contributed by atoms with Crippen molar-refractivity contribution in [3.63, 3.8) is 0 Å². The average molecular weight is 502 g/mol. The molecule has 0 N–H and O–H groups in total. The Kier molecular flexibility index (Phi) is 6.79. The van der Waals surface area contributed by atoms with Gasteiger partial charge in [0.2, 0.25) is 5.78 Å². The molecule has 0 amide bonds. The van der Waals surface area contributed by atoms with E-state index in [0.717, 1.165) is 32.9 Å². The molecule has 0 fully saturated rings. The number of hydrogen-bond donors (Lipinski definition) is 0. The lowest BCUT2D eigenvalue weighted by atomic mass is 10.1. The second kappa shape index (κ2) is 9.59. The second-order valence-electron chi connectivity index (χ2n) is 7.43. The van der Waals surface area contributed by atoms with Gasteiger partial charge in [-0.15, -0.1) is 11.3 Å². The Morgan fingerprint density at radius 3 is 2.45 bits per heavy atom. The van der Waals surface area contributed by atoms with E-state index in [0.29, 0.717) is 22.2 Å². The molecule has 4 rings (SSSR count). The zero-order valence-electron chi connectivity index (χ0n) is 18.3. The van der Waals surface area contributed by atoms with Crippen LogP contribution in [-0.2, 0) is 4.74 Å². The van der Waals surface area contributed by atoms with Gasteiger partial charge in [-0.05, 0) is 63.2 Å². The van der Waals surface area contributed by atoms with Crippen LogP contribution in [0, 0.1) is 13.8 Å². The van der Waals surface area contributed by atoms with Gasteiger partial charge in [0.25, 0.3) is 0 Å². The molecular formula is C25H21Cl2NO4S. The fourth-order valence-electron chi connectivity index (χ4n) is 3.75. The van der Waals surface area contributed by atoms with Gasteiger partial charge in [-0.3, -0.25) is 4.79 Å². The predicted molar refractivity (Wildman–Crippen MR) is 133 cm³/mol. The Hall–Kier alpha value is -2.80. The highest BCUT2D eigenvalue weighted by atomic mass is 35.5. The van der Waals surface area contributed by atoms with Crippen LogP contribution in [0.4, 0.5) is 0 Å². The van der Waals surface area contributed by atoms with Crippen LogP contribution in [0.25, 0.3) is 15.8 Å². The molecule has 0 saturated heterocycles. The number of esters is 1. The molecule has 33 heavy (non-hydrogen) atoms. The van der Waals surface area contributed by atoms with E-state index in [1.54, 1.807) is 24.3 Å². The molecule has 2 aromatic carbocycles. The number of aromatic nitrogens is 1. The van der Waals surface area contributed by atoms with Crippen LogP contribution in [0.2, 0.25) is 10.0 Å². The first-order valence-electron chi connectivity index (χ1n) is 10.3. The van der Waals surface area contributed by atoms with Gasteiger partial charge >= 0.3 is 5.97 Å². The lowest BCUT2D eigenvalue weighted by Gasteiger charge is -2.11. The number of hydrogen-bond acceptors (Lipinski definition) is 5. The van der Waals surface area contributed by atoms with Crippen molar-refractivity contribution in [3.8, 4) is 11.4 Å². The number of ketones is 1. The first-order valence-corrected chi connectivity index (χ1v) is 11.9. The van der Waals surface area contributed by atoms with Gasteiger partial charge in [-0.2, -0.15) is 0 Å². The molecule has 2 heterocycles. The second-order valence-corrected chi connectivity index (χ2v) is 9.30. The highest BCUT2D eigenvalue weighted by Crippen LogP contribution is 2.37. The Morgan fingerprint density at radius 1 is 1.03 bits per heavy atom. The van der Waals surface area contributed by atoms with Crippen molar-refractivity contribution in [2.24, 2.45) is 0 Å². The van der Waals surface area contributed by atoms with Gasteiger partial charge < -0.3 is 14.0 Å². The summed E-state index contributed by atoms with van der Waals surface area (Å²) in [6.45, 7) is 5.94. The van der Waals surface area contributed by atoms with Crippen molar-refractivity contribution >= 4 is 56.4 Å². The molecule has 5 nitrogen and oxygen atoms in total. The molecular weight excluding hydrogens is 481 g/mol. The molecule has 0 spiro atoms. The minimum atomic E-state index is -0.633.